The summed E-state index contributed by atoms with van der Waals surface area (Å²) in [5.74, 6) is -2.17. The molecule has 0 bridgehead atoms. The molecule has 0 spiro atoms. The Morgan fingerprint density at radius 3 is 2.56 bits per heavy atom. The number of carbonyl (C=O) groups is 3. The van der Waals surface area contributed by atoms with Crippen molar-refractivity contribution in [2.75, 3.05) is 6.54 Å². The van der Waals surface area contributed by atoms with E-state index in [-0.39, 0.29) is 24.4 Å². The lowest BCUT2D eigenvalue weighted by atomic mass is 9.87. The third-order valence-corrected chi connectivity index (χ3v) is 5.11. The average molecular weight is 371 g/mol. The summed E-state index contributed by atoms with van der Waals surface area (Å²) in [4.78, 5) is 39.1. The molecule has 1 aliphatic rings. The van der Waals surface area contributed by atoms with E-state index in [1.807, 2.05) is 24.3 Å². The fourth-order valence-electron chi connectivity index (χ4n) is 3.66. The third kappa shape index (κ3) is 4.87. The topological polar surface area (TPSA) is 111 Å². The van der Waals surface area contributed by atoms with E-state index in [0.717, 1.165) is 36.6 Å². The SMILES string of the molecule is O=C(CNC(=O)c1cc2ccccc2[nH]1)NC1CCCCCCC1C(=O)O. The highest BCUT2D eigenvalue weighted by molar-refractivity contribution is 5.99. The zero-order valence-corrected chi connectivity index (χ0v) is 15.2. The fraction of sp³-hybridized carbons (Fsp3) is 0.450. The van der Waals surface area contributed by atoms with Gasteiger partial charge in [-0.1, -0.05) is 43.9 Å². The minimum atomic E-state index is -0.871. The van der Waals surface area contributed by atoms with Gasteiger partial charge in [-0.25, -0.2) is 0 Å². The number of rotatable bonds is 5. The lowest BCUT2D eigenvalue weighted by Gasteiger charge is -2.27. The van der Waals surface area contributed by atoms with E-state index in [4.69, 9.17) is 0 Å². The second kappa shape index (κ2) is 8.70. The normalized spacial score (nSPS) is 20.4. The van der Waals surface area contributed by atoms with Crippen molar-refractivity contribution in [1.82, 2.24) is 15.6 Å². The number of aromatic amines is 1. The first kappa shape index (κ1) is 18.9. The molecule has 7 heteroatoms. The maximum atomic E-state index is 12.3. The Balaban J connectivity index is 1.55. The van der Waals surface area contributed by atoms with Crippen LogP contribution < -0.4 is 10.6 Å². The highest BCUT2D eigenvalue weighted by atomic mass is 16.4. The molecule has 1 aromatic heterocycles. The van der Waals surface area contributed by atoms with Crippen LogP contribution in [0.15, 0.2) is 30.3 Å². The van der Waals surface area contributed by atoms with E-state index in [9.17, 15) is 19.5 Å². The number of hydrogen-bond donors (Lipinski definition) is 4. The molecule has 1 aliphatic carbocycles. The van der Waals surface area contributed by atoms with Crippen molar-refractivity contribution in [2.45, 2.75) is 44.6 Å². The maximum Gasteiger partial charge on any atom is 0.308 e. The molecule has 3 rings (SSSR count). The summed E-state index contributed by atoms with van der Waals surface area (Å²) in [6.07, 6.45) is 5.07. The molecule has 1 fully saturated rings. The molecular weight excluding hydrogens is 346 g/mol. The lowest BCUT2D eigenvalue weighted by molar-refractivity contribution is -0.143. The minimum Gasteiger partial charge on any atom is -0.481 e. The number of fused-ring (bicyclic) bond motifs is 1. The highest BCUT2D eigenvalue weighted by Crippen LogP contribution is 2.23. The summed E-state index contributed by atoms with van der Waals surface area (Å²) in [7, 11) is 0. The summed E-state index contributed by atoms with van der Waals surface area (Å²) in [5, 5.41) is 15.8. The Kier molecular flexibility index (Phi) is 6.11. The molecule has 2 amide bonds. The maximum absolute atomic E-state index is 12.3. The predicted molar refractivity (Wildman–Crippen MR) is 101 cm³/mol. The Bertz CT molecular complexity index is 796. The van der Waals surface area contributed by atoms with Crippen LogP contribution in [0.25, 0.3) is 10.9 Å². The quantitative estimate of drug-likeness (QED) is 0.647. The van der Waals surface area contributed by atoms with Crippen molar-refractivity contribution < 1.29 is 19.5 Å². The van der Waals surface area contributed by atoms with Crippen LogP contribution >= 0.6 is 0 Å². The smallest absolute Gasteiger partial charge is 0.308 e. The number of para-hydroxylation sites is 1. The van der Waals surface area contributed by atoms with Crippen LogP contribution in [-0.4, -0.2) is 40.5 Å². The van der Waals surface area contributed by atoms with Crippen molar-refractivity contribution in [2.24, 2.45) is 5.92 Å². The lowest BCUT2D eigenvalue weighted by Crippen LogP contribution is -2.47. The number of carbonyl (C=O) groups excluding carboxylic acids is 2. The number of carboxylic acid groups (broad SMARTS) is 1. The first-order valence-electron chi connectivity index (χ1n) is 9.42. The van der Waals surface area contributed by atoms with Crippen LogP contribution in [-0.2, 0) is 9.59 Å². The van der Waals surface area contributed by atoms with Gasteiger partial charge < -0.3 is 20.7 Å². The molecule has 2 unspecified atom stereocenters. The number of H-pyrrole nitrogens is 1. The van der Waals surface area contributed by atoms with Crippen LogP contribution in [0.5, 0.6) is 0 Å². The van der Waals surface area contributed by atoms with Gasteiger partial charge in [0, 0.05) is 16.9 Å². The van der Waals surface area contributed by atoms with Gasteiger partial charge >= 0.3 is 5.97 Å². The largest absolute Gasteiger partial charge is 0.481 e. The molecule has 4 N–H and O–H groups in total. The first-order valence-corrected chi connectivity index (χ1v) is 9.42. The molecule has 2 atom stereocenters. The van der Waals surface area contributed by atoms with Gasteiger partial charge in [0.05, 0.1) is 12.5 Å². The second-order valence-corrected chi connectivity index (χ2v) is 7.06. The van der Waals surface area contributed by atoms with Gasteiger partial charge in [-0.05, 0) is 25.0 Å². The molecule has 0 saturated heterocycles. The van der Waals surface area contributed by atoms with Crippen LogP contribution in [0.4, 0.5) is 0 Å². The van der Waals surface area contributed by atoms with Gasteiger partial charge in [-0.3, -0.25) is 14.4 Å². The van der Waals surface area contributed by atoms with Gasteiger partial charge in [0.15, 0.2) is 0 Å². The standard InChI is InChI=1S/C20H25N3O4/c24-18(23-16-10-4-2-1-3-8-14(16)20(26)27)12-21-19(25)17-11-13-7-5-6-9-15(13)22-17/h5-7,9,11,14,16,22H,1-4,8,10,12H2,(H,21,25)(H,23,24)(H,26,27). The van der Waals surface area contributed by atoms with Gasteiger partial charge in [0.25, 0.3) is 5.91 Å². The van der Waals surface area contributed by atoms with Crippen molar-refractivity contribution in [3.63, 3.8) is 0 Å². The average Bonchev–Trinajstić information content (AvgIpc) is 3.06. The zero-order chi connectivity index (χ0) is 19.2. The molecule has 144 valence electrons. The molecule has 1 aromatic carbocycles. The highest BCUT2D eigenvalue weighted by Gasteiger charge is 2.29. The summed E-state index contributed by atoms with van der Waals surface area (Å²) >= 11 is 0. The Morgan fingerprint density at radius 2 is 1.81 bits per heavy atom. The number of amides is 2. The minimum absolute atomic E-state index is 0.183. The molecular formula is C20H25N3O4. The Hall–Kier alpha value is -2.83. The van der Waals surface area contributed by atoms with Gasteiger partial charge in [-0.15, -0.1) is 0 Å². The Morgan fingerprint density at radius 1 is 1.07 bits per heavy atom. The van der Waals surface area contributed by atoms with Gasteiger partial charge in [-0.2, -0.15) is 0 Å². The van der Waals surface area contributed by atoms with Crippen molar-refractivity contribution >= 4 is 28.7 Å². The summed E-state index contributed by atoms with van der Waals surface area (Å²) < 4.78 is 0. The molecule has 0 aliphatic heterocycles. The number of nitrogens with one attached hydrogen (secondary N) is 3. The van der Waals surface area contributed by atoms with Crippen molar-refractivity contribution in [3.8, 4) is 0 Å². The van der Waals surface area contributed by atoms with Crippen molar-refractivity contribution in [1.29, 1.82) is 0 Å². The molecule has 27 heavy (non-hydrogen) atoms. The fourth-order valence-corrected chi connectivity index (χ4v) is 3.66. The molecule has 7 nitrogen and oxygen atoms in total. The summed E-state index contributed by atoms with van der Waals surface area (Å²) in [6, 6.07) is 8.88. The molecule has 0 radical (unpaired) electrons. The van der Waals surface area contributed by atoms with Gasteiger partial charge in [0.2, 0.25) is 5.91 Å². The monoisotopic (exact) mass is 371 g/mol. The van der Waals surface area contributed by atoms with Crippen molar-refractivity contribution in [3.05, 3.63) is 36.0 Å². The molecule has 1 saturated carbocycles. The predicted octanol–water partition coefficient (Wildman–Crippen LogP) is 2.44. The van der Waals surface area contributed by atoms with E-state index >= 15 is 0 Å². The second-order valence-electron chi connectivity index (χ2n) is 7.06. The van der Waals surface area contributed by atoms with Gasteiger partial charge in [0.1, 0.15) is 5.69 Å². The number of carboxylic acids is 1. The third-order valence-electron chi connectivity index (χ3n) is 5.11. The molecule has 2 aromatic rings. The Labute approximate surface area is 157 Å². The zero-order valence-electron chi connectivity index (χ0n) is 15.2. The van der Waals surface area contributed by atoms with Crippen LogP contribution in [0.2, 0.25) is 0 Å². The van der Waals surface area contributed by atoms with E-state index in [1.54, 1.807) is 6.07 Å². The van der Waals surface area contributed by atoms with Crippen LogP contribution in [0.3, 0.4) is 0 Å². The number of hydrogen-bond acceptors (Lipinski definition) is 3. The van der Waals surface area contributed by atoms with Crippen LogP contribution in [0.1, 0.15) is 49.0 Å². The summed E-state index contributed by atoms with van der Waals surface area (Å²) in [6.45, 7) is -0.183. The van der Waals surface area contributed by atoms with E-state index in [1.165, 1.54) is 0 Å². The first-order chi connectivity index (χ1) is 13.0. The number of benzene rings is 1. The molecule has 1 heterocycles. The number of aliphatic carboxylic acids is 1. The van der Waals surface area contributed by atoms with E-state index in [2.05, 4.69) is 15.6 Å². The van der Waals surface area contributed by atoms with Crippen LogP contribution in [0, 0.1) is 5.92 Å². The van der Waals surface area contributed by atoms with E-state index < -0.39 is 11.9 Å². The van der Waals surface area contributed by atoms with E-state index in [0.29, 0.717) is 18.5 Å². The number of aromatic nitrogens is 1. The summed E-state index contributed by atoms with van der Waals surface area (Å²) in [5.41, 5.74) is 1.24.